The smallest absolute Gasteiger partial charge is 0.348 e. The maximum atomic E-state index is 13.5. The van der Waals surface area contributed by atoms with Crippen LogP contribution >= 0.6 is 11.3 Å². The number of para-hydroxylation sites is 1. The van der Waals surface area contributed by atoms with Gasteiger partial charge >= 0.3 is 5.97 Å². The average Bonchev–Trinajstić information content (AvgIpc) is 3.06. The van der Waals surface area contributed by atoms with Gasteiger partial charge in [0.15, 0.2) is 0 Å². The summed E-state index contributed by atoms with van der Waals surface area (Å²) in [5.74, 6) is 0.791. The zero-order valence-corrected chi connectivity index (χ0v) is 20.8. The number of aliphatic hydroxyl groups excluding tert-OH is 1. The van der Waals surface area contributed by atoms with Crippen molar-refractivity contribution in [1.82, 2.24) is 14.5 Å². The van der Waals surface area contributed by atoms with Crippen molar-refractivity contribution >= 4 is 27.5 Å². The normalized spacial score (nSPS) is 12.4. The fourth-order valence-electron chi connectivity index (χ4n) is 3.71. The van der Waals surface area contributed by atoms with E-state index < -0.39 is 12.1 Å². The van der Waals surface area contributed by atoms with E-state index in [0.29, 0.717) is 33.0 Å². The molecule has 0 aliphatic rings. The van der Waals surface area contributed by atoms with Crippen molar-refractivity contribution in [2.75, 3.05) is 27.3 Å². The van der Waals surface area contributed by atoms with Gasteiger partial charge in [0.25, 0.3) is 5.56 Å². The summed E-state index contributed by atoms with van der Waals surface area (Å²) >= 11 is 1.16. The van der Waals surface area contributed by atoms with Gasteiger partial charge in [0.05, 0.1) is 25.1 Å². The first-order valence-electron chi connectivity index (χ1n) is 10.9. The molecule has 0 bridgehead atoms. The summed E-state index contributed by atoms with van der Waals surface area (Å²) in [6.45, 7) is 8.09. The van der Waals surface area contributed by atoms with Crippen LogP contribution in [0.25, 0.3) is 10.2 Å². The number of carbonyl (C=O) groups excluding carboxylic acids is 1. The van der Waals surface area contributed by atoms with Crippen LogP contribution < -0.4 is 10.3 Å². The first-order chi connectivity index (χ1) is 15.6. The maximum Gasteiger partial charge on any atom is 0.348 e. The predicted molar refractivity (Wildman–Crippen MR) is 129 cm³/mol. The lowest BCUT2D eigenvalue weighted by Crippen LogP contribution is -2.34. The topological polar surface area (TPSA) is 93.9 Å². The third-order valence-electron chi connectivity index (χ3n) is 5.27. The molecule has 2 aromatic heterocycles. The number of fused-ring (bicyclic) bond motifs is 1. The van der Waals surface area contributed by atoms with Gasteiger partial charge in [0.1, 0.15) is 34.0 Å². The summed E-state index contributed by atoms with van der Waals surface area (Å²) in [5, 5.41) is 11.1. The van der Waals surface area contributed by atoms with Crippen LogP contribution in [0.5, 0.6) is 5.75 Å². The Labute approximate surface area is 197 Å². The largest absolute Gasteiger partial charge is 0.490 e. The Balaban J connectivity index is 1.96. The highest BCUT2D eigenvalue weighted by Crippen LogP contribution is 2.28. The van der Waals surface area contributed by atoms with Crippen LogP contribution in [0.1, 0.15) is 39.1 Å². The zero-order valence-electron chi connectivity index (χ0n) is 20.0. The fourth-order valence-corrected chi connectivity index (χ4v) is 4.80. The number of aliphatic hydroxyl groups is 1. The van der Waals surface area contributed by atoms with Crippen molar-refractivity contribution in [2.24, 2.45) is 0 Å². The van der Waals surface area contributed by atoms with Gasteiger partial charge in [-0.3, -0.25) is 9.36 Å². The van der Waals surface area contributed by atoms with Gasteiger partial charge in [0.2, 0.25) is 0 Å². The van der Waals surface area contributed by atoms with Gasteiger partial charge in [0, 0.05) is 0 Å². The molecule has 0 saturated heterocycles. The molecule has 0 radical (unpaired) electrons. The third-order valence-corrected chi connectivity index (χ3v) is 6.44. The van der Waals surface area contributed by atoms with Gasteiger partial charge in [-0.1, -0.05) is 18.2 Å². The Morgan fingerprint density at radius 2 is 1.91 bits per heavy atom. The van der Waals surface area contributed by atoms with Crippen molar-refractivity contribution in [1.29, 1.82) is 0 Å². The van der Waals surface area contributed by atoms with Crippen LogP contribution in [0, 0.1) is 20.8 Å². The second-order valence-corrected chi connectivity index (χ2v) is 9.32. The molecule has 0 aliphatic carbocycles. The van der Waals surface area contributed by atoms with Crippen molar-refractivity contribution < 1.29 is 19.4 Å². The minimum atomic E-state index is -0.926. The molecule has 2 heterocycles. The van der Waals surface area contributed by atoms with E-state index in [1.54, 1.807) is 13.8 Å². The molecule has 178 valence electrons. The number of carbonyl (C=O) groups is 1. The number of rotatable bonds is 9. The van der Waals surface area contributed by atoms with Crippen LogP contribution in [0.4, 0.5) is 0 Å². The Hall–Kier alpha value is -2.75. The van der Waals surface area contributed by atoms with Crippen molar-refractivity contribution in [3.63, 3.8) is 0 Å². The highest BCUT2D eigenvalue weighted by molar-refractivity contribution is 7.20. The lowest BCUT2D eigenvalue weighted by atomic mass is 10.1. The second kappa shape index (κ2) is 10.5. The highest BCUT2D eigenvalue weighted by atomic mass is 32.1. The van der Waals surface area contributed by atoms with Gasteiger partial charge in [-0.25, -0.2) is 9.78 Å². The standard InChI is InChI=1S/C24H31N3O5S/c1-7-31-24(30)21-16(4)19-22(33-21)25-18(12-26(5)6)27(23(19)29)11-17(28)13-32-20-14(2)9-8-10-15(20)3/h8-10,17,28H,7,11-13H2,1-6H3/t17-/m0/s1. The van der Waals surface area contributed by atoms with E-state index in [2.05, 4.69) is 4.98 Å². The summed E-state index contributed by atoms with van der Waals surface area (Å²) in [4.78, 5) is 33.3. The van der Waals surface area contributed by atoms with Crippen molar-refractivity contribution in [2.45, 2.75) is 46.9 Å². The van der Waals surface area contributed by atoms with Crippen LogP contribution in [0.3, 0.4) is 0 Å². The summed E-state index contributed by atoms with van der Waals surface area (Å²) in [5.41, 5.74) is 2.23. The molecular weight excluding hydrogens is 442 g/mol. The molecule has 3 aromatic rings. The SMILES string of the molecule is CCOC(=O)c1sc2nc(CN(C)C)n(C[C@H](O)COc3c(C)cccc3C)c(=O)c2c1C. The van der Waals surface area contributed by atoms with Gasteiger partial charge in [-0.2, -0.15) is 0 Å². The molecule has 0 fully saturated rings. The third kappa shape index (κ3) is 5.43. The number of hydrogen-bond donors (Lipinski definition) is 1. The van der Waals surface area contributed by atoms with E-state index in [4.69, 9.17) is 9.47 Å². The molecule has 0 spiro atoms. The van der Waals surface area contributed by atoms with Crippen LogP contribution in [-0.2, 0) is 17.8 Å². The lowest BCUT2D eigenvalue weighted by Gasteiger charge is -2.20. The average molecular weight is 474 g/mol. The quantitative estimate of drug-likeness (QED) is 0.477. The Bertz CT molecular complexity index is 1190. The summed E-state index contributed by atoms with van der Waals surface area (Å²) in [6, 6.07) is 5.86. The molecule has 8 nitrogen and oxygen atoms in total. The number of hydrogen-bond acceptors (Lipinski definition) is 8. The lowest BCUT2D eigenvalue weighted by molar-refractivity contribution is 0.0531. The van der Waals surface area contributed by atoms with E-state index in [-0.39, 0.29) is 25.3 Å². The zero-order chi connectivity index (χ0) is 24.3. The number of benzene rings is 1. The highest BCUT2D eigenvalue weighted by Gasteiger charge is 2.23. The van der Waals surface area contributed by atoms with Crippen molar-refractivity contribution in [3.05, 3.63) is 55.9 Å². The van der Waals surface area contributed by atoms with E-state index in [1.807, 2.05) is 51.0 Å². The number of nitrogens with zero attached hydrogens (tertiary/aromatic N) is 3. The molecule has 1 atom stereocenters. The van der Waals surface area contributed by atoms with Crippen molar-refractivity contribution in [3.8, 4) is 5.75 Å². The number of ether oxygens (including phenoxy) is 2. The molecule has 3 rings (SSSR count). The molecule has 0 saturated carbocycles. The number of thiophene rings is 1. The summed E-state index contributed by atoms with van der Waals surface area (Å²) < 4.78 is 12.5. The second-order valence-electron chi connectivity index (χ2n) is 8.32. The monoisotopic (exact) mass is 473 g/mol. The van der Waals surface area contributed by atoms with Gasteiger partial charge < -0.3 is 19.5 Å². The fraction of sp³-hybridized carbons (Fsp3) is 0.458. The van der Waals surface area contributed by atoms with E-state index in [0.717, 1.165) is 28.2 Å². The molecule has 33 heavy (non-hydrogen) atoms. The van der Waals surface area contributed by atoms with Crippen LogP contribution in [0.15, 0.2) is 23.0 Å². The predicted octanol–water partition coefficient (Wildman–Crippen LogP) is 3.06. The van der Waals surface area contributed by atoms with E-state index in [9.17, 15) is 14.7 Å². The summed E-state index contributed by atoms with van der Waals surface area (Å²) in [6.07, 6.45) is -0.926. The number of aromatic nitrogens is 2. The molecule has 0 amide bonds. The first kappa shape index (κ1) is 24.9. The number of esters is 1. The Kier molecular flexibility index (Phi) is 7.88. The minimum absolute atomic E-state index is 0.0277. The van der Waals surface area contributed by atoms with E-state index in [1.165, 1.54) is 4.57 Å². The number of aryl methyl sites for hydroxylation is 3. The molecule has 0 aliphatic heterocycles. The van der Waals surface area contributed by atoms with Crippen LogP contribution in [-0.4, -0.2) is 58.9 Å². The van der Waals surface area contributed by atoms with Gasteiger partial charge in [-0.05, 0) is 58.5 Å². The minimum Gasteiger partial charge on any atom is -0.490 e. The first-order valence-corrected chi connectivity index (χ1v) is 11.7. The molecule has 0 unspecified atom stereocenters. The molecule has 9 heteroatoms. The van der Waals surface area contributed by atoms with Gasteiger partial charge in [-0.15, -0.1) is 11.3 Å². The molecule has 1 N–H and O–H groups in total. The molecular formula is C24H31N3O5S. The van der Waals surface area contributed by atoms with E-state index >= 15 is 0 Å². The maximum absolute atomic E-state index is 13.5. The summed E-state index contributed by atoms with van der Waals surface area (Å²) in [7, 11) is 3.76. The Morgan fingerprint density at radius 3 is 2.52 bits per heavy atom. The van der Waals surface area contributed by atoms with Crippen LogP contribution in [0.2, 0.25) is 0 Å². The Morgan fingerprint density at radius 1 is 1.24 bits per heavy atom. The molecule has 1 aromatic carbocycles.